The molecule has 1 unspecified atom stereocenters. The van der Waals surface area contributed by atoms with Crippen molar-refractivity contribution in [3.05, 3.63) is 90.0 Å². The molecule has 0 aliphatic carbocycles. The number of aromatic nitrogens is 3. The molecule has 5 rings (SSSR count). The predicted octanol–water partition coefficient (Wildman–Crippen LogP) is 7.06. The number of rotatable bonds is 9. The van der Waals surface area contributed by atoms with E-state index in [1.165, 1.54) is 64.1 Å². The largest absolute Gasteiger partial charge is 0.573 e. The third-order valence-electron chi connectivity index (χ3n) is 6.98. The Morgan fingerprint density at radius 2 is 1.83 bits per heavy atom. The van der Waals surface area contributed by atoms with E-state index >= 15 is 0 Å². The molecule has 1 amide bonds. The number of hydrazine groups is 1. The van der Waals surface area contributed by atoms with Gasteiger partial charge in [-0.2, -0.15) is 4.99 Å². The zero-order valence-corrected chi connectivity index (χ0v) is 26.5. The van der Waals surface area contributed by atoms with Crippen molar-refractivity contribution in [3.63, 3.8) is 0 Å². The van der Waals surface area contributed by atoms with Crippen LogP contribution in [0.2, 0.25) is 0 Å². The van der Waals surface area contributed by atoms with Crippen molar-refractivity contribution in [2.75, 3.05) is 10.7 Å². The molecule has 1 aliphatic rings. The standard InChI is InChI=1S/C31H29F4N7O2S2/c1-4-25(38-39-29(45)37-30-42(27(43)16-46-30)26-15-21(32)9-14-24(26)18(2)3)19-5-7-20(8-6-19)28-36-17-41(40-28)22-10-12-23(13-11-22)44-31(33,34)35/h5-15,17-18,25,38H,4,16H2,1-3H3,(H,39,45). The van der Waals surface area contributed by atoms with Gasteiger partial charge in [-0.05, 0) is 72.1 Å². The molecule has 15 heteroatoms. The van der Waals surface area contributed by atoms with Crippen LogP contribution in [0.15, 0.2) is 78.0 Å². The Morgan fingerprint density at radius 1 is 1.11 bits per heavy atom. The van der Waals surface area contributed by atoms with Crippen LogP contribution < -0.4 is 20.5 Å². The first kappa shape index (κ1) is 33.0. The summed E-state index contributed by atoms with van der Waals surface area (Å²) in [6, 6.07) is 17.1. The number of hydrogen-bond acceptors (Lipinski definition) is 7. The summed E-state index contributed by atoms with van der Waals surface area (Å²) < 4.78 is 56.9. The van der Waals surface area contributed by atoms with Gasteiger partial charge in [-0.3, -0.25) is 15.1 Å². The normalized spacial score (nSPS) is 15.1. The summed E-state index contributed by atoms with van der Waals surface area (Å²) in [4.78, 5) is 23.0. The Bertz CT molecular complexity index is 1740. The fraction of sp³-hybridized carbons (Fsp3) is 0.258. The highest BCUT2D eigenvalue weighted by Gasteiger charge is 2.33. The molecule has 46 heavy (non-hydrogen) atoms. The van der Waals surface area contributed by atoms with Crippen LogP contribution >= 0.6 is 24.0 Å². The minimum Gasteiger partial charge on any atom is -0.406 e. The van der Waals surface area contributed by atoms with Gasteiger partial charge < -0.3 is 4.74 Å². The molecule has 2 heterocycles. The van der Waals surface area contributed by atoms with Gasteiger partial charge in [0.1, 0.15) is 17.9 Å². The number of thioether (sulfide) groups is 1. The van der Waals surface area contributed by atoms with Crippen LogP contribution in [0.5, 0.6) is 5.75 Å². The van der Waals surface area contributed by atoms with E-state index in [1.807, 2.05) is 45.0 Å². The number of halogens is 4. The van der Waals surface area contributed by atoms with Gasteiger partial charge in [-0.1, -0.05) is 62.9 Å². The summed E-state index contributed by atoms with van der Waals surface area (Å²) >= 11 is 6.69. The van der Waals surface area contributed by atoms with E-state index in [0.717, 1.165) is 16.7 Å². The molecule has 0 bridgehead atoms. The van der Waals surface area contributed by atoms with Gasteiger partial charge in [-0.15, -0.1) is 18.3 Å². The van der Waals surface area contributed by atoms with E-state index in [4.69, 9.17) is 12.2 Å². The zero-order valence-electron chi connectivity index (χ0n) is 24.9. The van der Waals surface area contributed by atoms with Crippen molar-refractivity contribution in [3.8, 4) is 22.8 Å². The number of aliphatic imine (C=N–C) groups is 1. The molecule has 9 nitrogen and oxygen atoms in total. The molecule has 4 aromatic rings. The third kappa shape index (κ3) is 7.89. The highest BCUT2D eigenvalue weighted by Crippen LogP contribution is 2.34. The van der Waals surface area contributed by atoms with Gasteiger partial charge in [0.25, 0.3) is 0 Å². The highest BCUT2D eigenvalue weighted by atomic mass is 32.2. The number of benzene rings is 3. The van der Waals surface area contributed by atoms with Crippen molar-refractivity contribution >= 4 is 45.9 Å². The second kappa shape index (κ2) is 14.0. The molecule has 2 N–H and O–H groups in total. The minimum absolute atomic E-state index is 0.0627. The van der Waals surface area contributed by atoms with Gasteiger partial charge in [0.2, 0.25) is 11.0 Å². The van der Waals surface area contributed by atoms with Gasteiger partial charge in [0.05, 0.1) is 23.2 Å². The number of anilines is 1. The van der Waals surface area contributed by atoms with E-state index in [0.29, 0.717) is 28.8 Å². The fourth-order valence-electron chi connectivity index (χ4n) is 4.75. The van der Waals surface area contributed by atoms with Crippen LogP contribution in [0.3, 0.4) is 0 Å². The Morgan fingerprint density at radius 3 is 2.48 bits per heavy atom. The molecule has 0 spiro atoms. The number of thiocarbonyl (C=S) groups is 1. The maximum absolute atomic E-state index is 14.2. The average molecular weight is 672 g/mol. The summed E-state index contributed by atoms with van der Waals surface area (Å²) in [7, 11) is 0. The molecule has 240 valence electrons. The van der Waals surface area contributed by atoms with Gasteiger partial charge in [0, 0.05) is 5.56 Å². The van der Waals surface area contributed by atoms with E-state index in [9.17, 15) is 22.4 Å². The van der Waals surface area contributed by atoms with Crippen LogP contribution in [-0.4, -0.2) is 43.1 Å². The monoisotopic (exact) mass is 671 g/mol. The molecular formula is C31H29F4N7O2S2. The van der Waals surface area contributed by atoms with Crippen LogP contribution in [0.1, 0.15) is 50.3 Å². The van der Waals surface area contributed by atoms with Crippen molar-refractivity contribution in [1.29, 1.82) is 0 Å². The number of nitrogens with zero attached hydrogens (tertiary/aromatic N) is 5. The topological polar surface area (TPSA) is 96.7 Å². The summed E-state index contributed by atoms with van der Waals surface area (Å²) in [5.41, 5.74) is 9.62. The first-order valence-corrected chi connectivity index (χ1v) is 15.6. The molecule has 0 saturated carbocycles. The molecule has 1 fully saturated rings. The second-order valence-electron chi connectivity index (χ2n) is 10.5. The lowest BCUT2D eigenvalue weighted by Gasteiger charge is -2.22. The molecule has 1 aromatic heterocycles. The van der Waals surface area contributed by atoms with Crippen molar-refractivity contribution in [2.45, 2.75) is 45.5 Å². The summed E-state index contributed by atoms with van der Waals surface area (Å²) in [6.07, 6.45) is -2.59. The molecule has 0 radical (unpaired) electrons. The lowest BCUT2D eigenvalue weighted by molar-refractivity contribution is -0.274. The smallest absolute Gasteiger partial charge is 0.406 e. The summed E-state index contributed by atoms with van der Waals surface area (Å²) in [6.45, 7) is 5.95. The van der Waals surface area contributed by atoms with Crippen molar-refractivity contribution in [2.24, 2.45) is 4.99 Å². The molecule has 3 aromatic carbocycles. The van der Waals surface area contributed by atoms with Gasteiger partial charge in [-0.25, -0.2) is 19.5 Å². The predicted molar refractivity (Wildman–Crippen MR) is 173 cm³/mol. The lowest BCUT2D eigenvalue weighted by atomic mass is 10.0. The minimum atomic E-state index is -4.77. The Hall–Kier alpha value is -4.34. The summed E-state index contributed by atoms with van der Waals surface area (Å²) in [5, 5.41) is 4.93. The number of amides is 1. The first-order valence-electron chi connectivity index (χ1n) is 14.2. The van der Waals surface area contributed by atoms with Crippen molar-refractivity contribution < 1.29 is 27.1 Å². The van der Waals surface area contributed by atoms with Gasteiger partial charge in [0.15, 0.2) is 11.0 Å². The van der Waals surface area contributed by atoms with E-state index < -0.39 is 12.2 Å². The number of nitrogens with one attached hydrogen (secondary N) is 2. The van der Waals surface area contributed by atoms with Crippen LogP contribution in [-0.2, 0) is 4.79 Å². The average Bonchev–Trinajstić information content (AvgIpc) is 3.64. The Labute approximate surface area is 272 Å². The number of carbonyl (C=O) groups is 1. The Balaban J connectivity index is 1.23. The number of amidine groups is 1. The number of ether oxygens (including phenoxy) is 1. The second-order valence-corrected chi connectivity index (χ2v) is 11.8. The zero-order chi connectivity index (χ0) is 33.0. The lowest BCUT2D eigenvalue weighted by Crippen LogP contribution is -2.39. The molecule has 1 aliphatic heterocycles. The van der Waals surface area contributed by atoms with Crippen LogP contribution in [0.4, 0.5) is 23.2 Å². The molecule has 1 saturated heterocycles. The van der Waals surface area contributed by atoms with E-state index in [1.54, 1.807) is 6.07 Å². The number of carbonyl (C=O) groups excluding carboxylic acids is 1. The van der Waals surface area contributed by atoms with Crippen LogP contribution in [0.25, 0.3) is 17.1 Å². The Kier molecular flexibility index (Phi) is 10.0. The number of hydrogen-bond donors (Lipinski definition) is 2. The van der Waals surface area contributed by atoms with E-state index in [2.05, 4.69) is 30.7 Å². The van der Waals surface area contributed by atoms with Crippen LogP contribution in [0, 0.1) is 5.82 Å². The summed E-state index contributed by atoms with van der Waals surface area (Å²) in [5.74, 6) is -0.305. The first-order chi connectivity index (χ1) is 21.9. The fourth-order valence-corrected chi connectivity index (χ4v) is 5.82. The SMILES string of the molecule is CCC(NNC(=S)N=C1SCC(=O)N1c1cc(F)ccc1C(C)C)c1ccc(-c2ncn(-c3ccc(OC(F)(F)F)cc3)n2)cc1. The molecular weight excluding hydrogens is 643 g/mol. The maximum atomic E-state index is 14.2. The quantitative estimate of drug-likeness (QED) is 0.111. The number of alkyl halides is 3. The highest BCUT2D eigenvalue weighted by molar-refractivity contribution is 8.15. The van der Waals surface area contributed by atoms with Crippen molar-refractivity contribution in [1.82, 2.24) is 25.6 Å². The third-order valence-corrected chi connectivity index (χ3v) is 8.09. The molecule has 1 atom stereocenters. The van der Waals surface area contributed by atoms with E-state index in [-0.39, 0.29) is 34.5 Å². The maximum Gasteiger partial charge on any atom is 0.573 e. The van der Waals surface area contributed by atoms with Gasteiger partial charge >= 0.3 is 6.36 Å².